The van der Waals surface area contributed by atoms with Crippen molar-refractivity contribution in [3.05, 3.63) is 138 Å². The van der Waals surface area contributed by atoms with Gasteiger partial charge in [-0.05, 0) is 80.6 Å². The van der Waals surface area contributed by atoms with Crippen molar-refractivity contribution < 1.29 is 11.4 Å². The summed E-state index contributed by atoms with van der Waals surface area (Å²) in [6.45, 7) is 8.22. The van der Waals surface area contributed by atoms with Crippen LogP contribution >= 0.6 is 0 Å². The van der Waals surface area contributed by atoms with Crippen LogP contribution in [0.2, 0.25) is 0 Å². The molecule has 0 amide bonds. The van der Waals surface area contributed by atoms with Gasteiger partial charge < -0.3 is 11.4 Å². The van der Waals surface area contributed by atoms with Crippen LogP contribution in [0.3, 0.4) is 0 Å². The molecule has 0 atom stereocenters. The fourth-order valence-electron chi connectivity index (χ4n) is 5.69. The highest BCUT2D eigenvalue weighted by molar-refractivity contribution is 6.40. The lowest BCUT2D eigenvalue weighted by molar-refractivity contribution is 0.311. The molecule has 0 fully saturated rings. The molecule has 5 aromatic carbocycles. The molecule has 0 saturated heterocycles. The van der Waals surface area contributed by atoms with Gasteiger partial charge in [-0.15, -0.1) is 0 Å². The lowest BCUT2D eigenvalue weighted by Gasteiger charge is -2.19. The van der Waals surface area contributed by atoms with Crippen LogP contribution in [-0.2, 0) is 0 Å². The molecule has 6 heteroatoms. The number of rotatable bonds is 7. The Morgan fingerprint density at radius 2 is 0.977 bits per heavy atom. The first-order valence-electron chi connectivity index (χ1n) is 14.7. The van der Waals surface area contributed by atoms with Crippen molar-refractivity contribution in [1.82, 2.24) is 9.97 Å². The van der Waals surface area contributed by atoms with Gasteiger partial charge in [0, 0.05) is 27.5 Å². The summed E-state index contributed by atoms with van der Waals surface area (Å²) in [6.07, 6.45) is 0. The molecule has 0 bridgehead atoms. The fraction of sp³-hybridized carbons (Fsp3) is 0.105. The van der Waals surface area contributed by atoms with Crippen molar-refractivity contribution in [1.29, 1.82) is 0 Å². The van der Waals surface area contributed by atoms with Crippen molar-refractivity contribution in [3.8, 4) is 28.4 Å². The van der Waals surface area contributed by atoms with Gasteiger partial charge in [0.25, 0.3) is 0 Å². The molecule has 5 nitrogen and oxygen atoms in total. The van der Waals surface area contributed by atoms with Gasteiger partial charge in [-0.1, -0.05) is 90.0 Å². The number of para-hydroxylation sites is 2. The fourth-order valence-corrected chi connectivity index (χ4v) is 7.04. The summed E-state index contributed by atoms with van der Waals surface area (Å²) in [6, 6.07) is 39.2. The van der Waals surface area contributed by atoms with Crippen LogP contribution in [0.5, 0.6) is 17.2 Å². The average molecular weight is 591 g/mol. The third kappa shape index (κ3) is 5.70. The first-order chi connectivity index (χ1) is 21.4. The zero-order valence-electron chi connectivity index (χ0n) is 25.2. The van der Waals surface area contributed by atoms with Crippen molar-refractivity contribution >= 4 is 47.7 Å². The molecule has 0 N–H and O–H groups in total. The SMILES string of the molecule is Cc1cc(C)cc(-c2ccc3c([O][Al]([O]c4cccc5ccc(C)nc45)[O]c4cccc5ccc(C)nc45)cccc3c2)c1. The molecule has 2 heterocycles. The molecule has 0 radical (unpaired) electrons. The van der Waals surface area contributed by atoms with Crippen LogP contribution in [0.4, 0.5) is 0 Å². The van der Waals surface area contributed by atoms with Crippen LogP contribution in [0.15, 0.2) is 115 Å². The quantitative estimate of drug-likeness (QED) is 0.173. The van der Waals surface area contributed by atoms with Crippen molar-refractivity contribution in [2.75, 3.05) is 0 Å². The Labute approximate surface area is 262 Å². The maximum atomic E-state index is 6.72. The second-order valence-electron chi connectivity index (χ2n) is 11.3. The van der Waals surface area contributed by atoms with E-state index in [4.69, 9.17) is 21.3 Å². The van der Waals surface area contributed by atoms with E-state index in [1.165, 1.54) is 16.7 Å². The lowest BCUT2D eigenvalue weighted by Crippen LogP contribution is -2.37. The molecule has 2 aromatic heterocycles. The van der Waals surface area contributed by atoms with Gasteiger partial charge in [0.2, 0.25) is 0 Å². The summed E-state index contributed by atoms with van der Waals surface area (Å²) in [4.78, 5) is 9.56. The molecular weight excluding hydrogens is 559 g/mol. The minimum Gasteiger partial charge on any atom is -0.577 e. The van der Waals surface area contributed by atoms with E-state index < -0.39 is 15.1 Å². The summed E-state index contributed by atoms with van der Waals surface area (Å²) in [5, 5.41) is 4.06. The number of hydrogen-bond acceptors (Lipinski definition) is 5. The highest BCUT2D eigenvalue weighted by Crippen LogP contribution is 2.33. The molecule has 7 aromatic rings. The molecule has 0 aliphatic carbocycles. The van der Waals surface area contributed by atoms with E-state index in [2.05, 4.69) is 68.4 Å². The number of hydrogen-bond donors (Lipinski definition) is 0. The summed E-state index contributed by atoms with van der Waals surface area (Å²) in [5.74, 6) is 1.97. The average Bonchev–Trinajstić information content (AvgIpc) is 3.01. The van der Waals surface area contributed by atoms with E-state index in [-0.39, 0.29) is 0 Å². The highest BCUT2D eigenvalue weighted by atomic mass is 27.3. The van der Waals surface area contributed by atoms with Crippen molar-refractivity contribution in [2.45, 2.75) is 27.7 Å². The van der Waals surface area contributed by atoms with Gasteiger partial charge in [-0.25, -0.2) is 9.97 Å². The zero-order valence-corrected chi connectivity index (χ0v) is 26.3. The topological polar surface area (TPSA) is 53.5 Å². The van der Waals surface area contributed by atoms with Gasteiger partial charge in [0.15, 0.2) is 0 Å². The number of nitrogens with zero attached hydrogens (tertiary/aromatic N) is 2. The van der Waals surface area contributed by atoms with Gasteiger partial charge in [0.05, 0.1) is 5.75 Å². The molecule has 0 saturated carbocycles. The number of aromatic nitrogens is 2. The third-order valence-corrected chi connectivity index (χ3v) is 9.05. The summed E-state index contributed by atoms with van der Waals surface area (Å²) >= 11 is -2.93. The van der Waals surface area contributed by atoms with Gasteiger partial charge in [0.1, 0.15) is 22.5 Å². The Morgan fingerprint density at radius 1 is 0.455 bits per heavy atom. The van der Waals surface area contributed by atoms with Gasteiger partial charge >= 0.3 is 15.1 Å². The van der Waals surface area contributed by atoms with Crippen molar-refractivity contribution in [2.24, 2.45) is 0 Å². The maximum Gasteiger partial charge on any atom is 1.20 e. The standard InChI is InChI=1S/C18H16O.2C10H9NO.Al/c1-12-8-13(2)10-16(9-12)14-6-7-17-15(11-14)4-3-5-18(17)19;2*1-7-5-6-8-3-2-4-9(12)10(8)11-7;/h3-11,19H,1-2H3;2*2-6,12H,1H3;/q;;;+3/p-3. The van der Waals surface area contributed by atoms with Crippen LogP contribution in [0.1, 0.15) is 22.5 Å². The summed E-state index contributed by atoms with van der Waals surface area (Å²) < 4.78 is 20.0. The molecule has 0 unspecified atom stereocenters. The van der Waals surface area contributed by atoms with E-state index in [0.717, 1.165) is 49.5 Å². The number of aryl methyl sites for hydroxylation is 4. The predicted octanol–water partition coefficient (Wildman–Crippen LogP) is 9.36. The predicted molar refractivity (Wildman–Crippen MR) is 179 cm³/mol. The molecule has 0 aliphatic heterocycles. The minimum absolute atomic E-state index is 0.629. The Kier molecular flexibility index (Phi) is 7.39. The van der Waals surface area contributed by atoms with E-state index in [9.17, 15) is 0 Å². The van der Waals surface area contributed by atoms with Crippen LogP contribution in [0.25, 0.3) is 43.7 Å². The van der Waals surface area contributed by atoms with Gasteiger partial charge in [-0.2, -0.15) is 0 Å². The highest BCUT2D eigenvalue weighted by Gasteiger charge is 2.45. The first-order valence-corrected chi connectivity index (χ1v) is 16.2. The monoisotopic (exact) mass is 590 g/mol. The molecule has 0 aliphatic rings. The molecule has 214 valence electrons. The Morgan fingerprint density at radius 3 is 1.57 bits per heavy atom. The maximum absolute atomic E-state index is 6.72. The minimum atomic E-state index is -2.93. The zero-order chi connectivity index (χ0) is 30.2. The normalized spacial score (nSPS) is 11.2. The van der Waals surface area contributed by atoms with Crippen LogP contribution < -0.4 is 11.4 Å². The second-order valence-corrected chi connectivity index (χ2v) is 12.6. The van der Waals surface area contributed by atoms with E-state index in [0.29, 0.717) is 17.2 Å². The van der Waals surface area contributed by atoms with E-state index >= 15 is 0 Å². The molecule has 7 rings (SSSR count). The summed E-state index contributed by atoms with van der Waals surface area (Å²) in [5.41, 5.74) is 8.24. The smallest absolute Gasteiger partial charge is 0.577 e. The number of fused-ring (bicyclic) bond motifs is 3. The lowest BCUT2D eigenvalue weighted by atomic mass is 9.98. The largest absolute Gasteiger partial charge is 1.20 e. The Bertz CT molecular complexity index is 2070. The molecule has 0 spiro atoms. The Balaban J connectivity index is 1.29. The summed E-state index contributed by atoms with van der Waals surface area (Å²) in [7, 11) is 0. The third-order valence-electron chi connectivity index (χ3n) is 7.71. The number of pyridine rings is 2. The van der Waals surface area contributed by atoms with Crippen molar-refractivity contribution in [3.63, 3.8) is 0 Å². The molecular formula is C38H31AlN2O3. The first kappa shape index (κ1) is 27.9. The van der Waals surface area contributed by atoms with E-state index in [1.807, 2.05) is 74.5 Å². The van der Waals surface area contributed by atoms with Gasteiger partial charge in [-0.3, -0.25) is 0 Å². The van der Waals surface area contributed by atoms with E-state index in [1.54, 1.807) is 0 Å². The number of benzene rings is 5. The Hall–Kier alpha value is -4.89. The van der Waals surface area contributed by atoms with Crippen LogP contribution in [0, 0.1) is 27.7 Å². The molecule has 44 heavy (non-hydrogen) atoms. The second kappa shape index (κ2) is 11.7. The van der Waals surface area contributed by atoms with Crippen LogP contribution in [-0.4, -0.2) is 25.1 Å².